The van der Waals surface area contributed by atoms with Crippen molar-refractivity contribution < 1.29 is 13.3 Å². The van der Waals surface area contributed by atoms with Gasteiger partial charge in [0.1, 0.15) is 0 Å². The minimum absolute atomic E-state index is 0.127. The summed E-state index contributed by atoms with van der Waals surface area (Å²) in [5.41, 5.74) is 0.847. The van der Waals surface area contributed by atoms with Gasteiger partial charge in [0.2, 0.25) is 10.0 Å². The molecule has 0 fully saturated rings. The molecule has 0 radical (unpaired) electrons. The predicted octanol–water partition coefficient (Wildman–Crippen LogP) is 1.34. The summed E-state index contributed by atoms with van der Waals surface area (Å²) in [5, 5.41) is 7.57. The van der Waals surface area contributed by atoms with Crippen molar-refractivity contribution in [3.8, 4) is 6.07 Å². The fraction of sp³-hybridized carbons (Fsp3) is 0.364. The number of hydrogen-bond acceptors (Lipinski definition) is 4. The van der Waals surface area contributed by atoms with Crippen molar-refractivity contribution >= 4 is 10.0 Å². The van der Waals surface area contributed by atoms with Gasteiger partial charge in [-0.3, -0.25) is 4.84 Å². The molecule has 6 heteroatoms. The van der Waals surface area contributed by atoms with Crippen molar-refractivity contribution in [2.75, 3.05) is 0 Å². The largest absolute Gasteiger partial charge is 0.282 e. The Kier molecular flexibility index (Phi) is 5.10. The van der Waals surface area contributed by atoms with Crippen LogP contribution in [0.25, 0.3) is 0 Å². The van der Waals surface area contributed by atoms with E-state index in [-0.39, 0.29) is 13.0 Å². The van der Waals surface area contributed by atoms with E-state index >= 15 is 0 Å². The third-order valence-corrected chi connectivity index (χ3v) is 3.68. The van der Waals surface area contributed by atoms with Crippen LogP contribution in [0.1, 0.15) is 18.9 Å². The number of hydrogen-bond donors (Lipinski definition) is 1. The molecule has 17 heavy (non-hydrogen) atoms. The SMILES string of the molecule is CCC(C#N)S(=O)(=O)NOCc1ccccc1. The highest BCUT2D eigenvalue weighted by atomic mass is 32.2. The Morgan fingerprint density at radius 3 is 2.59 bits per heavy atom. The minimum Gasteiger partial charge on any atom is -0.282 e. The van der Waals surface area contributed by atoms with Gasteiger partial charge < -0.3 is 0 Å². The number of nitrogens with one attached hydrogen (secondary N) is 1. The minimum atomic E-state index is -3.73. The second-order valence-corrected chi connectivity index (χ2v) is 5.25. The summed E-state index contributed by atoms with van der Waals surface area (Å²) < 4.78 is 23.0. The molecule has 0 aromatic heterocycles. The average molecular weight is 254 g/mol. The lowest BCUT2D eigenvalue weighted by atomic mass is 10.2. The van der Waals surface area contributed by atoms with Gasteiger partial charge in [0.15, 0.2) is 5.25 Å². The lowest BCUT2D eigenvalue weighted by Gasteiger charge is -2.09. The zero-order chi connectivity index (χ0) is 12.7. The zero-order valence-corrected chi connectivity index (χ0v) is 10.3. The Morgan fingerprint density at radius 2 is 2.06 bits per heavy atom. The van der Waals surface area contributed by atoms with Crippen LogP contribution in [0.4, 0.5) is 0 Å². The third kappa shape index (κ3) is 4.15. The van der Waals surface area contributed by atoms with Crippen LogP contribution in [0.3, 0.4) is 0 Å². The first-order valence-corrected chi connectivity index (χ1v) is 6.70. The molecule has 1 rings (SSSR count). The maximum atomic E-state index is 11.5. The van der Waals surface area contributed by atoms with E-state index in [1.165, 1.54) is 0 Å². The van der Waals surface area contributed by atoms with Crippen molar-refractivity contribution in [1.82, 2.24) is 4.89 Å². The maximum absolute atomic E-state index is 11.5. The maximum Gasteiger partial charge on any atom is 0.249 e. The van der Waals surface area contributed by atoms with Crippen molar-refractivity contribution in [3.05, 3.63) is 35.9 Å². The van der Waals surface area contributed by atoms with Gasteiger partial charge in [0.05, 0.1) is 12.7 Å². The highest BCUT2D eigenvalue weighted by molar-refractivity contribution is 7.90. The van der Waals surface area contributed by atoms with Crippen molar-refractivity contribution in [3.63, 3.8) is 0 Å². The van der Waals surface area contributed by atoms with Crippen LogP contribution in [0.2, 0.25) is 0 Å². The van der Waals surface area contributed by atoms with Crippen LogP contribution in [0.5, 0.6) is 0 Å². The molecule has 0 aliphatic carbocycles. The second-order valence-electron chi connectivity index (χ2n) is 3.43. The molecule has 0 saturated heterocycles. The van der Waals surface area contributed by atoms with E-state index in [0.29, 0.717) is 0 Å². The van der Waals surface area contributed by atoms with Crippen LogP contribution < -0.4 is 4.89 Å². The molecule has 0 aliphatic rings. The van der Waals surface area contributed by atoms with Crippen LogP contribution in [-0.2, 0) is 21.5 Å². The van der Waals surface area contributed by atoms with Gasteiger partial charge >= 0.3 is 0 Å². The van der Waals surface area contributed by atoms with Gasteiger partial charge in [-0.05, 0) is 12.0 Å². The smallest absolute Gasteiger partial charge is 0.249 e. The van der Waals surface area contributed by atoms with Crippen molar-refractivity contribution in [2.24, 2.45) is 0 Å². The molecule has 0 saturated carbocycles. The van der Waals surface area contributed by atoms with Gasteiger partial charge in [0, 0.05) is 0 Å². The average Bonchev–Trinajstić information content (AvgIpc) is 2.31. The van der Waals surface area contributed by atoms with Gasteiger partial charge in [-0.2, -0.15) is 5.26 Å². The summed E-state index contributed by atoms with van der Waals surface area (Å²) in [6.07, 6.45) is 0.223. The lowest BCUT2D eigenvalue weighted by Crippen LogP contribution is -2.33. The van der Waals surface area contributed by atoms with Crippen LogP contribution in [0.15, 0.2) is 30.3 Å². The molecule has 1 aromatic carbocycles. The summed E-state index contributed by atoms with van der Waals surface area (Å²) in [5.74, 6) is 0. The third-order valence-electron chi connectivity index (χ3n) is 2.15. The van der Waals surface area contributed by atoms with Gasteiger partial charge in [0.25, 0.3) is 0 Å². The molecule has 0 aliphatic heterocycles. The Morgan fingerprint density at radius 1 is 1.41 bits per heavy atom. The fourth-order valence-corrected chi connectivity index (χ4v) is 2.12. The normalized spacial score (nSPS) is 12.9. The first-order chi connectivity index (χ1) is 8.10. The van der Waals surface area contributed by atoms with E-state index in [1.54, 1.807) is 13.0 Å². The highest BCUT2D eigenvalue weighted by Crippen LogP contribution is 2.04. The molecule has 1 aromatic rings. The lowest BCUT2D eigenvalue weighted by molar-refractivity contribution is 0.0791. The molecule has 1 N–H and O–H groups in total. The van der Waals surface area contributed by atoms with Crippen LogP contribution in [-0.4, -0.2) is 13.7 Å². The zero-order valence-electron chi connectivity index (χ0n) is 9.46. The van der Waals surface area contributed by atoms with E-state index < -0.39 is 15.3 Å². The second kappa shape index (κ2) is 6.35. The standard InChI is InChI=1S/C11H14N2O3S/c1-2-11(8-12)17(14,15)13-16-9-10-6-4-3-5-7-10/h3-7,11,13H,2,9H2,1H3. The van der Waals surface area contributed by atoms with E-state index in [2.05, 4.69) is 0 Å². The molecule has 0 amide bonds. The Labute approximate surface area is 101 Å². The molecule has 1 unspecified atom stereocenters. The predicted molar refractivity (Wildman–Crippen MR) is 63.0 cm³/mol. The molecular weight excluding hydrogens is 240 g/mol. The van der Waals surface area contributed by atoms with Crippen LogP contribution in [0, 0.1) is 11.3 Å². The topological polar surface area (TPSA) is 79.2 Å². The number of rotatable bonds is 6. The molecule has 0 heterocycles. The Bertz CT molecular complexity index is 479. The van der Waals surface area contributed by atoms with Gasteiger partial charge in [-0.15, -0.1) is 0 Å². The monoisotopic (exact) mass is 254 g/mol. The van der Waals surface area contributed by atoms with E-state index in [9.17, 15) is 8.42 Å². The summed E-state index contributed by atoms with van der Waals surface area (Å²) in [6.45, 7) is 1.76. The van der Waals surface area contributed by atoms with Crippen molar-refractivity contribution in [1.29, 1.82) is 5.26 Å². The van der Waals surface area contributed by atoms with Gasteiger partial charge in [-0.1, -0.05) is 42.1 Å². The molecule has 0 bridgehead atoms. The highest BCUT2D eigenvalue weighted by Gasteiger charge is 2.23. The number of nitriles is 1. The van der Waals surface area contributed by atoms with Crippen molar-refractivity contribution in [2.45, 2.75) is 25.2 Å². The quantitative estimate of drug-likeness (QED) is 0.777. The Hall–Kier alpha value is -1.42. The van der Waals surface area contributed by atoms with E-state index in [0.717, 1.165) is 5.56 Å². The number of benzene rings is 1. The summed E-state index contributed by atoms with van der Waals surface area (Å²) >= 11 is 0. The van der Waals surface area contributed by atoms with E-state index in [1.807, 2.05) is 35.2 Å². The molecule has 0 spiro atoms. The fourth-order valence-electron chi connectivity index (χ4n) is 1.21. The summed E-state index contributed by atoms with van der Waals surface area (Å²) in [6, 6.07) is 10.9. The number of sulfonamides is 1. The first-order valence-electron chi connectivity index (χ1n) is 5.16. The summed E-state index contributed by atoms with van der Waals surface area (Å²) in [4.78, 5) is 6.84. The Balaban J connectivity index is 2.49. The molecule has 92 valence electrons. The van der Waals surface area contributed by atoms with E-state index in [4.69, 9.17) is 10.1 Å². The number of nitrogens with zero attached hydrogens (tertiary/aromatic N) is 1. The molecule has 1 atom stereocenters. The first kappa shape index (κ1) is 13.6. The summed E-state index contributed by atoms with van der Waals surface area (Å²) in [7, 11) is -3.73. The molecular formula is C11H14N2O3S. The van der Waals surface area contributed by atoms with Gasteiger partial charge in [-0.25, -0.2) is 8.42 Å². The van der Waals surface area contributed by atoms with Crippen LogP contribution >= 0.6 is 0 Å². The molecule has 5 nitrogen and oxygen atoms in total.